The van der Waals surface area contributed by atoms with Gasteiger partial charge in [-0.15, -0.1) is 13.2 Å². The Labute approximate surface area is 199 Å². The Morgan fingerprint density at radius 2 is 1.83 bits per heavy atom. The Hall–Kier alpha value is -4.05. The van der Waals surface area contributed by atoms with Crippen LogP contribution in [0.5, 0.6) is 11.5 Å². The highest BCUT2D eigenvalue weighted by Gasteiger charge is 2.30. The van der Waals surface area contributed by atoms with Crippen LogP contribution in [0.3, 0.4) is 0 Å². The van der Waals surface area contributed by atoms with Crippen LogP contribution in [-0.2, 0) is 11.3 Å². The van der Waals surface area contributed by atoms with E-state index in [-0.39, 0.29) is 18.3 Å². The number of fused-ring (bicyclic) bond motifs is 1. The van der Waals surface area contributed by atoms with Gasteiger partial charge in [-0.2, -0.15) is 0 Å². The summed E-state index contributed by atoms with van der Waals surface area (Å²) in [5.74, 6) is 0.0897. The molecule has 182 valence electrons. The number of imidazole rings is 1. The molecule has 0 aliphatic heterocycles. The summed E-state index contributed by atoms with van der Waals surface area (Å²) >= 11 is 0. The lowest BCUT2D eigenvalue weighted by atomic mass is 10.2. The van der Waals surface area contributed by atoms with Gasteiger partial charge in [0, 0.05) is 25.3 Å². The molecule has 0 saturated carbocycles. The van der Waals surface area contributed by atoms with E-state index in [1.54, 1.807) is 31.6 Å². The van der Waals surface area contributed by atoms with E-state index in [1.807, 2.05) is 28.8 Å². The number of benzene rings is 3. The van der Waals surface area contributed by atoms with Crippen molar-refractivity contribution in [3.63, 3.8) is 0 Å². The molecule has 1 heterocycles. The average Bonchev–Trinajstić information content (AvgIpc) is 3.26. The molecule has 0 radical (unpaired) electrons. The zero-order valence-electron chi connectivity index (χ0n) is 18.7. The Morgan fingerprint density at radius 3 is 2.57 bits per heavy atom. The van der Waals surface area contributed by atoms with Gasteiger partial charge < -0.3 is 19.5 Å². The number of aromatic nitrogens is 2. The predicted octanol–water partition coefficient (Wildman–Crippen LogP) is 4.88. The molecule has 0 aliphatic carbocycles. The monoisotopic (exact) mass is 485 g/mol. The third-order valence-electron chi connectivity index (χ3n) is 5.06. The number of halogens is 3. The van der Waals surface area contributed by atoms with Gasteiger partial charge in [-0.05, 0) is 48.0 Å². The third kappa shape index (κ3) is 6.30. The molecule has 1 amide bonds. The van der Waals surface area contributed by atoms with Crippen LogP contribution in [0.25, 0.3) is 16.7 Å². The predicted molar refractivity (Wildman–Crippen MR) is 123 cm³/mol. The quantitative estimate of drug-likeness (QED) is 0.342. The molecule has 7 nitrogen and oxygen atoms in total. The number of rotatable bonds is 9. The molecule has 0 spiro atoms. The Morgan fingerprint density at radius 1 is 1.03 bits per heavy atom. The molecule has 35 heavy (non-hydrogen) atoms. The van der Waals surface area contributed by atoms with Crippen LogP contribution in [0.4, 0.5) is 13.2 Å². The molecule has 0 saturated heterocycles. The molecule has 4 rings (SSSR count). The topological polar surface area (TPSA) is 74.6 Å². The number of nitrogens with one attached hydrogen (secondary N) is 1. The Kier molecular flexibility index (Phi) is 7.21. The summed E-state index contributed by atoms with van der Waals surface area (Å²) in [6, 6.07) is 18.1. The number of ether oxygens (including phenoxy) is 3. The van der Waals surface area contributed by atoms with Crippen molar-refractivity contribution in [2.24, 2.45) is 0 Å². The lowest BCUT2D eigenvalue weighted by molar-refractivity contribution is -0.274. The second kappa shape index (κ2) is 10.5. The maximum absolute atomic E-state index is 12.3. The van der Waals surface area contributed by atoms with Crippen LogP contribution in [-0.4, -0.2) is 42.1 Å². The molecule has 0 atom stereocenters. The Balaban J connectivity index is 1.44. The Bertz CT molecular complexity index is 1300. The summed E-state index contributed by atoms with van der Waals surface area (Å²) in [5, 5.41) is 2.78. The first kappa shape index (κ1) is 24.1. The smallest absolute Gasteiger partial charge is 0.489 e. The minimum Gasteiger partial charge on any atom is -0.489 e. The first-order valence-corrected chi connectivity index (χ1v) is 10.6. The molecule has 3 aromatic carbocycles. The summed E-state index contributed by atoms with van der Waals surface area (Å²) in [6.45, 7) is 1.01. The van der Waals surface area contributed by atoms with Gasteiger partial charge in [0.15, 0.2) is 0 Å². The van der Waals surface area contributed by atoms with E-state index in [2.05, 4.69) is 15.0 Å². The van der Waals surface area contributed by atoms with E-state index in [9.17, 15) is 18.0 Å². The van der Waals surface area contributed by atoms with Crippen molar-refractivity contribution < 1.29 is 32.2 Å². The average molecular weight is 485 g/mol. The zero-order valence-corrected chi connectivity index (χ0v) is 18.7. The van der Waals surface area contributed by atoms with Gasteiger partial charge in [0.1, 0.15) is 24.4 Å². The van der Waals surface area contributed by atoms with Gasteiger partial charge in [-0.3, -0.25) is 9.36 Å². The fraction of sp³-hybridized carbons (Fsp3) is 0.200. The highest BCUT2D eigenvalue weighted by atomic mass is 19.4. The number of methoxy groups -OCH3 is 1. The van der Waals surface area contributed by atoms with Crippen molar-refractivity contribution in [3.8, 4) is 17.2 Å². The van der Waals surface area contributed by atoms with Crippen molar-refractivity contribution >= 4 is 16.9 Å². The summed E-state index contributed by atoms with van der Waals surface area (Å²) in [6.07, 6.45) is -3.07. The van der Waals surface area contributed by atoms with Crippen molar-refractivity contribution in [1.29, 1.82) is 0 Å². The number of hydrogen-bond donors (Lipinski definition) is 1. The lowest BCUT2D eigenvalue weighted by Gasteiger charge is -2.11. The van der Waals surface area contributed by atoms with Gasteiger partial charge in [0.05, 0.1) is 23.3 Å². The standard InChI is InChI=1S/C25H22F3N3O4/c1-33-12-11-29-24(32)18-7-10-23-22(13-18)30-16-31(23)19-3-2-4-21(14-19)34-15-17-5-8-20(9-6-17)35-25(26,27)28/h2-10,13-14,16H,11-12,15H2,1H3,(H,29,32). The van der Waals surface area contributed by atoms with E-state index >= 15 is 0 Å². The summed E-state index contributed by atoms with van der Waals surface area (Å²) < 4.78 is 53.4. The van der Waals surface area contributed by atoms with E-state index in [4.69, 9.17) is 9.47 Å². The SMILES string of the molecule is COCCNC(=O)c1ccc2c(c1)ncn2-c1cccc(OCc2ccc(OC(F)(F)F)cc2)c1. The van der Waals surface area contributed by atoms with Gasteiger partial charge >= 0.3 is 6.36 Å². The minimum atomic E-state index is -4.73. The van der Waals surface area contributed by atoms with Crippen molar-refractivity contribution in [2.45, 2.75) is 13.0 Å². The number of hydrogen-bond acceptors (Lipinski definition) is 5. The molecule has 10 heteroatoms. The number of nitrogens with zero attached hydrogens (tertiary/aromatic N) is 2. The van der Waals surface area contributed by atoms with Gasteiger partial charge in [0.2, 0.25) is 0 Å². The highest BCUT2D eigenvalue weighted by molar-refractivity contribution is 5.97. The van der Waals surface area contributed by atoms with Crippen molar-refractivity contribution in [1.82, 2.24) is 14.9 Å². The normalized spacial score (nSPS) is 11.4. The molecule has 0 aliphatic rings. The lowest BCUT2D eigenvalue weighted by Crippen LogP contribution is -2.26. The van der Waals surface area contributed by atoms with Gasteiger partial charge in [-0.1, -0.05) is 18.2 Å². The number of carbonyl (C=O) groups excluding carboxylic acids is 1. The van der Waals surface area contributed by atoms with Crippen LogP contribution < -0.4 is 14.8 Å². The first-order chi connectivity index (χ1) is 16.8. The summed E-state index contributed by atoms with van der Waals surface area (Å²) in [5.41, 5.74) is 3.47. The number of carbonyl (C=O) groups is 1. The van der Waals surface area contributed by atoms with E-state index in [0.29, 0.717) is 35.5 Å². The maximum Gasteiger partial charge on any atom is 0.573 e. The van der Waals surface area contributed by atoms with Gasteiger partial charge in [0.25, 0.3) is 5.91 Å². The molecule has 1 N–H and O–H groups in total. The maximum atomic E-state index is 12.3. The molecule has 1 aromatic heterocycles. The molecule has 0 unspecified atom stereocenters. The highest BCUT2D eigenvalue weighted by Crippen LogP contribution is 2.25. The van der Waals surface area contributed by atoms with Crippen LogP contribution >= 0.6 is 0 Å². The molecule has 0 fully saturated rings. The van der Waals surface area contributed by atoms with Crippen molar-refractivity contribution in [2.75, 3.05) is 20.3 Å². The fourth-order valence-electron chi connectivity index (χ4n) is 3.41. The van der Waals surface area contributed by atoms with E-state index < -0.39 is 6.36 Å². The molecular formula is C25H22F3N3O4. The van der Waals surface area contributed by atoms with E-state index in [1.165, 1.54) is 24.3 Å². The largest absolute Gasteiger partial charge is 0.573 e. The van der Waals surface area contributed by atoms with Crippen LogP contribution in [0.1, 0.15) is 15.9 Å². The molecule has 4 aromatic rings. The summed E-state index contributed by atoms with van der Waals surface area (Å²) in [4.78, 5) is 16.7. The molecular weight excluding hydrogens is 463 g/mol. The van der Waals surface area contributed by atoms with Crippen molar-refractivity contribution in [3.05, 3.63) is 84.2 Å². The zero-order chi connectivity index (χ0) is 24.8. The second-order valence-electron chi connectivity index (χ2n) is 7.54. The second-order valence-corrected chi connectivity index (χ2v) is 7.54. The minimum absolute atomic E-state index is 0.169. The molecule has 0 bridgehead atoms. The number of amides is 1. The number of alkyl halides is 3. The van der Waals surface area contributed by atoms with Crippen LogP contribution in [0, 0.1) is 0 Å². The van der Waals surface area contributed by atoms with Gasteiger partial charge in [-0.25, -0.2) is 4.98 Å². The van der Waals surface area contributed by atoms with E-state index in [0.717, 1.165) is 11.2 Å². The fourth-order valence-corrected chi connectivity index (χ4v) is 3.41. The van der Waals surface area contributed by atoms with Crippen LogP contribution in [0.15, 0.2) is 73.1 Å². The summed E-state index contributed by atoms with van der Waals surface area (Å²) in [7, 11) is 1.57. The first-order valence-electron chi connectivity index (χ1n) is 10.6. The third-order valence-corrected chi connectivity index (χ3v) is 5.06. The van der Waals surface area contributed by atoms with Crippen LogP contribution in [0.2, 0.25) is 0 Å².